The maximum Gasteiger partial charge on any atom is 0.268 e. The van der Waals surface area contributed by atoms with Crippen molar-refractivity contribution in [2.75, 3.05) is 32.8 Å². The molecule has 0 saturated carbocycles. The first-order valence-corrected chi connectivity index (χ1v) is 9.65. The number of hydrogen-bond acceptors (Lipinski definition) is 6. The number of nitrogens with one attached hydrogen (secondary N) is 1. The Morgan fingerprint density at radius 3 is 3.21 bits per heavy atom. The number of piperazine rings is 1. The van der Waals surface area contributed by atoms with Crippen molar-refractivity contribution < 1.29 is 4.74 Å². The lowest BCUT2D eigenvalue weighted by Crippen LogP contribution is -2.61. The predicted octanol–water partition coefficient (Wildman–Crippen LogP) is 1.67. The van der Waals surface area contributed by atoms with E-state index in [1.807, 2.05) is 11.4 Å². The van der Waals surface area contributed by atoms with Gasteiger partial charge < -0.3 is 9.72 Å². The van der Waals surface area contributed by atoms with Crippen LogP contribution in [0.25, 0.3) is 10.2 Å². The monoisotopic (exact) mass is 348 g/mol. The molecule has 0 spiro atoms. The largest absolute Gasteiger partial charge is 0.378 e. The second-order valence-corrected chi connectivity index (χ2v) is 7.67. The number of nitrogens with zero attached hydrogens (tertiary/aromatic N) is 3. The van der Waals surface area contributed by atoms with Gasteiger partial charge in [0.25, 0.3) is 5.56 Å². The fourth-order valence-corrected chi connectivity index (χ4v) is 4.66. The summed E-state index contributed by atoms with van der Waals surface area (Å²) in [5.41, 5.74) is 0.786. The molecule has 2 fully saturated rings. The highest BCUT2D eigenvalue weighted by molar-refractivity contribution is 7.17. The number of ether oxygens (including phenoxy) is 1. The van der Waals surface area contributed by atoms with Crippen LogP contribution in [0.5, 0.6) is 0 Å². The number of H-pyrrole nitrogens is 1. The van der Waals surface area contributed by atoms with E-state index >= 15 is 0 Å². The van der Waals surface area contributed by atoms with Gasteiger partial charge in [-0.1, -0.05) is 13.3 Å². The molecule has 1 N–H and O–H groups in total. The maximum atomic E-state index is 12.1. The Kier molecular flexibility index (Phi) is 4.67. The first-order chi connectivity index (χ1) is 11.7. The van der Waals surface area contributed by atoms with Gasteiger partial charge in [-0.2, -0.15) is 0 Å². The van der Waals surface area contributed by atoms with Gasteiger partial charge in [-0.15, -0.1) is 11.3 Å². The third kappa shape index (κ3) is 3.13. The van der Waals surface area contributed by atoms with Crippen molar-refractivity contribution in [1.82, 2.24) is 19.8 Å². The predicted molar refractivity (Wildman–Crippen MR) is 95.5 cm³/mol. The molecule has 2 aliphatic rings. The summed E-state index contributed by atoms with van der Waals surface area (Å²) in [6, 6.07) is 2.94. The van der Waals surface area contributed by atoms with E-state index < -0.39 is 0 Å². The Balaban J connectivity index is 1.45. The second-order valence-electron chi connectivity index (χ2n) is 6.75. The van der Waals surface area contributed by atoms with Crippen molar-refractivity contribution in [3.05, 3.63) is 27.6 Å². The van der Waals surface area contributed by atoms with Crippen molar-refractivity contribution >= 4 is 21.6 Å². The molecule has 2 saturated heterocycles. The molecule has 2 aromatic rings. The number of hydrogen-bond donors (Lipinski definition) is 1. The molecule has 6 nitrogen and oxygen atoms in total. The molecule has 0 unspecified atom stereocenters. The first kappa shape index (κ1) is 16.2. The number of morpholine rings is 1. The highest BCUT2D eigenvalue weighted by atomic mass is 32.1. The fraction of sp³-hybridized carbons (Fsp3) is 0.647. The Hall–Kier alpha value is -1.28. The lowest BCUT2D eigenvalue weighted by molar-refractivity contribution is -0.0843. The third-order valence-corrected chi connectivity index (χ3v) is 5.96. The second kappa shape index (κ2) is 6.92. The van der Waals surface area contributed by atoms with Crippen LogP contribution in [0.4, 0.5) is 0 Å². The molecule has 0 amide bonds. The van der Waals surface area contributed by atoms with Gasteiger partial charge in [-0.05, 0) is 17.9 Å². The molecular weight excluding hydrogens is 324 g/mol. The lowest BCUT2D eigenvalue weighted by atomic mass is 10.0. The average molecular weight is 348 g/mol. The average Bonchev–Trinajstić information content (AvgIpc) is 3.04. The van der Waals surface area contributed by atoms with Crippen LogP contribution in [-0.2, 0) is 11.3 Å². The molecule has 130 valence electrons. The molecule has 24 heavy (non-hydrogen) atoms. The summed E-state index contributed by atoms with van der Waals surface area (Å²) in [5.74, 6) is 0.765. The quantitative estimate of drug-likeness (QED) is 0.911. The molecule has 0 aliphatic carbocycles. The lowest BCUT2D eigenvalue weighted by Gasteiger charge is -2.48. The molecule has 2 aliphatic heterocycles. The first-order valence-electron chi connectivity index (χ1n) is 8.77. The van der Waals surface area contributed by atoms with Crippen LogP contribution in [0.15, 0.2) is 16.2 Å². The molecule has 4 rings (SSSR count). The molecule has 0 radical (unpaired) electrons. The minimum atomic E-state index is -0.0207. The van der Waals surface area contributed by atoms with E-state index in [1.54, 1.807) is 0 Å². The third-order valence-electron chi connectivity index (χ3n) is 5.06. The smallest absolute Gasteiger partial charge is 0.268 e. The van der Waals surface area contributed by atoms with Gasteiger partial charge in [-0.25, -0.2) is 4.98 Å². The van der Waals surface area contributed by atoms with E-state index in [-0.39, 0.29) is 5.56 Å². The van der Waals surface area contributed by atoms with Gasteiger partial charge in [-0.3, -0.25) is 14.6 Å². The topological polar surface area (TPSA) is 61.5 Å². The summed E-state index contributed by atoms with van der Waals surface area (Å²) in [6.07, 6.45) is 2.41. The Bertz CT molecular complexity index is 756. The fourth-order valence-electron chi connectivity index (χ4n) is 3.93. The Morgan fingerprint density at radius 1 is 1.42 bits per heavy atom. The van der Waals surface area contributed by atoms with E-state index in [9.17, 15) is 4.79 Å². The van der Waals surface area contributed by atoms with Crippen LogP contribution in [0.3, 0.4) is 0 Å². The van der Waals surface area contributed by atoms with Crippen LogP contribution in [0.2, 0.25) is 0 Å². The van der Waals surface area contributed by atoms with Crippen LogP contribution in [-0.4, -0.2) is 64.7 Å². The van der Waals surface area contributed by atoms with Gasteiger partial charge in [0, 0.05) is 31.7 Å². The summed E-state index contributed by atoms with van der Waals surface area (Å²) in [7, 11) is 0. The number of thiophene rings is 1. The standard InChI is InChI=1S/C17H24N4O2S/c1-2-3-12-10-23-11-13-8-20(5-6-21(12)13)9-15-18-14-4-7-24-16(14)17(22)19-15/h4,7,12-13H,2-3,5-6,8-11H2,1H3,(H,18,19,22)/t12-,13+/m0/s1. The highest BCUT2D eigenvalue weighted by Gasteiger charge is 2.35. The van der Waals surface area contributed by atoms with Crippen molar-refractivity contribution in [2.24, 2.45) is 0 Å². The number of fused-ring (bicyclic) bond motifs is 2. The molecule has 2 aromatic heterocycles. The zero-order valence-electron chi connectivity index (χ0n) is 14.0. The Morgan fingerprint density at radius 2 is 2.33 bits per heavy atom. The molecule has 0 bridgehead atoms. The van der Waals surface area contributed by atoms with E-state index in [1.165, 1.54) is 24.2 Å². The van der Waals surface area contributed by atoms with Gasteiger partial charge in [0.2, 0.25) is 0 Å². The summed E-state index contributed by atoms with van der Waals surface area (Å²) in [4.78, 5) is 24.7. The van der Waals surface area contributed by atoms with Crippen molar-refractivity contribution in [3.63, 3.8) is 0 Å². The van der Waals surface area contributed by atoms with Crippen LogP contribution in [0.1, 0.15) is 25.6 Å². The van der Waals surface area contributed by atoms with E-state index in [0.717, 1.165) is 44.2 Å². The summed E-state index contributed by atoms with van der Waals surface area (Å²) in [5, 5.41) is 1.92. The summed E-state index contributed by atoms with van der Waals surface area (Å²) < 4.78 is 6.54. The minimum absolute atomic E-state index is 0.0207. The zero-order valence-corrected chi connectivity index (χ0v) is 14.8. The molecule has 0 aromatic carbocycles. The van der Waals surface area contributed by atoms with Gasteiger partial charge in [0.15, 0.2) is 0 Å². The van der Waals surface area contributed by atoms with Gasteiger partial charge in [0.05, 0.1) is 25.3 Å². The number of rotatable bonds is 4. The van der Waals surface area contributed by atoms with Crippen molar-refractivity contribution in [3.8, 4) is 0 Å². The van der Waals surface area contributed by atoms with Gasteiger partial charge >= 0.3 is 0 Å². The van der Waals surface area contributed by atoms with Crippen molar-refractivity contribution in [2.45, 2.75) is 38.4 Å². The molecule has 2 atom stereocenters. The summed E-state index contributed by atoms with van der Waals surface area (Å²) in [6.45, 7) is 7.68. The van der Waals surface area contributed by atoms with E-state index in [0.29, 0.717) is 23.3 Å². The normalized spacial score (nSPS) is 25.9. The Labute approximate surface area is 145 Å². The highest BCUT2D eigenvalue weighted by Crippen LogP contribution is 2.22. The molecule has 7 heteroatoms. The van der Waals surface area contributed by atoms with Crippen LogP contribution in [0, 0.1) is 0 Å². The minimum Gasteiger partial charge on any atom is -0.378 e. The molecular formula is C17H24N4O2S. The van der Waals surface area contributed by atoms with Crippen LogP contribution < -0.4 is 5.56 Å². The van der Waals surface area contributed by atoms with Gasteiger partial charge in [0.1, 0.15) is 10.5 Å². The van der Waals surface area contributed by atoms with E-state index in [2.05, 4.69) is 26.7 Å². The van der Waals surface area contributed by atoms with Crippen molar-refractivity contribution in [1.29, 1.82) is 0 Å². The van der Waals surface area contributed by atoms with Crippen LogP contribution >= 0.6 is 11.3 Å². The van der Waals surface area contributed by atoms with E-state index in [4.69, 9.17) is 4.74 Å². The SMILES string of the molecule is CCC[C@H]1COC[C@H]2CN(Cc3nc4ccsc4c(=O)[nH]3)CCN12. The summed E-state index contributed by atoms with van der Waals surface area (Å²) >= 11 is 1.45. The number of aromatic amines is 1. The zero-order chi connectivity index (χ0) is 16.5. The number of aromatic nitrogens is 2. The maximum absolute atomic E-state index is 12.1. The molecule has 4 heterocycles.